The van der Waals surface area contributed by atoms with Crippen LogP contribution in [-0.2, 0) is 12.5 Å². The number of likely N-dealkylation sites (tertiary alicyclic amines) is 1. The van der Waals surface area contributed by atoms with E-state index in [1.165, 1.54) is 4.57 Å². The van der Waals surface area contributed by atoms with Gasteiger partial charge in [-0.25, -0.2) is 4.98 Å². The molecule has 2 aromatic heterocycles. The monoisotopic (exact) mass is 364 g/mol. The van der Waals surface area contributed by atoms with Gasteiger partial charge in [-0.2, -0.15) is 0 Å². The summed E-state index contributed by atoms with van der Waals surface area (Å²) in [5, 5.41) is 0. The zero-order chi connectivity index (χ0) is 19.3. The second kappa shape index (κ2) is 6.08. The number of para-hydroxylation sites is 2. The van der Waals surface area contributed by atoms with Crippen LogP contribution in [0.4, 0.5) is 0 Å². The summed E-state index contributed by atoms with van der Waals surface area (Å²) in [5.41, 5.74) is 1.94. The van der Waals surface area contributed by atoms with Crippen LogP contribution in [0.3, 0.4) is 0 Å². The first-order valence-electron chi connectivity index (χ1n) is 9.20. The highest BCUT2D eigenvalue weighted by Gasteiger charge is 2.37. The van der Waals surface area contributed by atoms with E-state index in [4.69, 9.17) is 4.98 Å². The third-order valence-corrected chi connectivity index (χ3v) is 5.13. The fourth-order valence-corrected chi connectivity index (χ4v) is 3.66. The molecule has 27 heavy (non-hydrogen) atoms. The minimum atomic E-state index is -0.255. The lowest BCUT2D eigenvalue weighted by atomic mass is 9.94. The normalized spacial score (nSPS) is 15.2. The second-order valence-electron chi connectivity index (χ2n) is 8.25. The van der Waals surface area contributed by atoms with E-state index in [-0.39, 0.29) is 28.5 Å². The highest BCUT2D eigenvalue weighted by atomic mass is 16.2. The molecule has 0 radical (unpaired) electrons. The van der Waals surface area contributed by atoms with Crippen LogP contribution in [0, 0.1) is 0 Å². The summed E-state index contributed by atoms with van der Waals surface area (Å²) in [5.74, 6) is 0.825. The smallest absolute Gasteiger partial charge is 0.263 e. The van der Waals surface area contributed by atoms with E-state index in [2.05, 4.69) is 31.4 Å². The van der Waals surface area contributed by atoms with Gasteiger partial charge in [0.2, 0.25) is 0 Å². The summed E-state index contributed by atoms with van der Waals surface area (Å²) in [6.45, 7) is 7.63. The van der Waals surface area contributed by atoms with Crippen molar-refractivity contribution in [2.24, 2.45) is 7.05 Å². The van der Waals surface area contributed by atoms with E-state index < -0.39 is 0 Å². The van der Waals surface area contributed by atoms with Crippen molar-refractivity contribution in [2.45, 2.75) is 32.2 Å². The van der Waals surface area contributed by atoms with Crippen LogP contribution >= 0.6 is 0 Å². The number of benzene rings is 1. The predicted octanol–water partition coefficient (Wildman–Crippen LogP) is 2.73. The summed E-state index contributed by atoms with van der Waals surface area (Å²) < 4.78 is 3.70. The van der Waals surface area contributed by atoms with Gasteiger partial charge >= 0.3 is 0 Å². The molecule has 1 aromatic carbocycles. The molecule has 0 saturated carbocycles. The maximum absolute atomic E-state index is 12.7. The van der Waals surface area contributed by atoms with Gasteiger partial charge < -0.3 is 14.0 Å². The molecule has 3 aromatic rings. The van der Waals surface area contributed by atoms with Crippen LogP contribution in [0.2, 0.25) is 0 Å². The van der Waals surface area contributed by atoms with Gasteiger partial charge in [-0.1, -0.05) is 32.9 Å². The molecule has 1 aliphatic rings. The number of aryl methyl sites for hydroxylation is 1. The number of imidazole rings is 1. The van der Waals surface area contributed by atoms with E-state index in [0.29, 0.717) is 13.1 Å². The van der Waals surface area contributed by atoms with Gasteiger partial charge in [-0.15, -0.1) is 0 Å². The molecule has 0 N–H and O–H groups in total. The first-order valence-corrected chi connectivity index (χ1v) is 9.20. The molecule has 1 amide bonds. The SMILES string of the molecule is Cn1cccc(C(=O)N2CC(n3c(C(C)(C)C)nc4ccccc43)C2)c1=O. The van der Waals surface area contributed by atoms with Gasteiger partial charge in [0, 0.05) is 31.7 Å². The van der Waals surface area contributed by atoms with Crippen molar-refractivity contribution in [3.05, 3.63) is 64.3 Å². The maximum atomic E-state index is 12.7. The Balaban J connectivity index is 1.64. The number of fused-ring (bicyclic) bond motifs is 1. The predicted molar refractivity (Wildman–Crippen MR) is 105 cm³/mol. The van der Waals surface area contributed by atoms with Crippen molar-refractivity contribution >= 4 is 16.9 Å². The average Bonchev–Trinajstić information content (AvgIpc) is 2.96. The summed E-state index contributed by atoms with van der Waals surface area (Å²) in [7, 11) is 1.66. The fraction of sp³-hybridized carbons (Fsp3) is 0.381. The zero-order valence-corrected chi connectivity index (χ0v) is 16.1. The first kappa shape index (κ1) is 17.5. The number of hydrogen-bond acceptors (Lipinski definition) is 3. The Morgan fingerprint density at radius 1 is 1.11 bits per heavy atom. The number of carbonyl (C=O) groups is 1. The highest BCUT2D eigenvalue weighted by Crippen LogP contribution is 2.33. The Bertz CT molecular complexity index is 1080. The Morgan fingerprint density at radius 2 is 1.81 bits per heavy atom. The maximum Gasteiger partial charge on any atom is 0.263 e. The van der Waals surface area contributed by atoms with Crippen LogP contribution in [-0.4, -0.2) is 38.0 Å². The topological polar surface area (TPSA) is 60.1 Å². The molecule has 0 bridgehead atoms. The molecule has 6 nitrogen and oxygen atoms in total. The lowest BCUT2D eigenvalue weighted by molar-refractivity contribution is 0.0516. The van der Waals surface area contributed by atoms with Gasteiger partial charge in [-0.3, -0.25) is 9.59 Å². The van der Waals surface area contributed by atoms with E-state index in [9.17, 15) is 9.59 Å². The van der Waals surface area contributed by atoms with Crippen LogP contribution in [0.15, 0.2) is 47.4 Å². The Hall–Kier alpha value is -2.89. The van der Waals surface area contributed by atoms with Crippen LogP contribution in [0.25, 0.3) is 11.0 Å². The third kappa shape index (κ3) is 2.85. The minimum absolute atomic E-state index is 0.0984. The largest absolute Gasteiger partial charge is 0.334 e. The van der Waals surface area contributed by atoms with E-state index in [0.717, 1.165) is 16.9 Å². The molecule has 0 aliphatic carbocycles. The average molecular weight is 364 g/mol. The summed E-state index contributed by atoms with van der Waals surface area (Å²) in [6.07, 6.45) is 1.66. The Morgan fingerprint density at radius 3 is 2.52 bits per heavy atom. The molecule has 0 atom stereocenters. The van der Waals surface area contributed by atoms with E-state index in [1.54, 1.807) is 30.3 Å². The number of nitrogens with zero attached hydrogens (tertiary/aromatic N) is 4. The number of amides is 1. The number of pyridine rings is 1. The van der Waals surface area contributed by atoms with Crippen LogP contribution < -0.4 is 5.56 Å². The van der Waals surface area contributed by atoms with E-state index >= 15 is 0 Å². The number of carbonyl (C=O) groups excluding carboxylic acids is 1. The molecule has 6 heteroatoms. The number of rotatable bonds is 2. The van der Waals surface area contributed by atoms with Crippen molar-refractivity contribution in [3.63, 3.8) is 0 Å². The molecular weight excluding hydrogens is 340 g/mol. The lowest BCUT2D eigenvalue weighted by Gasteiger charge is -2.41. The van der Waals surface area contributed by atoms with Crippen molar-refractivity contribution in [3.8, 4) is 0 Å². The number of aromatic nitrogens is 3. The number of hydrogen-bond donors (Lipinski definition) is 0. The quantitative estimate of drug-likeness (QED) is 0.702. The van der Waals surface area contributed by atoms with Crippen molar-refractivity contribution in [2.75, 3.05) is 13.1 Å². The fourth-order valence-electron chi connectivity index (χ4n) is 3.66. The van der Waals surface area contributed by atoms with Crippen molar-refractivity contribution in [1.29, 1.82) is 0 Å². The molecule has 1 saturated heterocycles. The second-order valence-corrected chi connectivity index (χ2v) is 8.25. The summed E-state index contributed by atoms with van der Waals surface area (Å²) >= 11 is 0. The molecule has 1 aliphatic heterocycles. The van der Waals surface area contributed by atoms with Gasteiger partial charge in [-0.05, 0) is 24.3 Å². The standard InChI is InChI=1S/C21H24N4O2/c1-21(2,3)20-22-16-9-5-6-10-17(16)25(20)14-12-24(13-14)19(27)15-8-7-11-23(4)18(15)26/h5-11,14H,12-13H2,1-4H3. The molecule has 3 heterocycles. The lowest BCUT2D eigenvalue weighted by Crippen LogP contribution is -2.52. The van der Waals surface area contributed by atoms with E-state index in [1.807, 2.05) is 18.2 Å². The Kier molecular flexibility index (Phi) is 3.94. The molecule has 4 rings (SSSR count). The molecular formula is C21H24N4O2. The van der Waals surface area contributed by atoms with Gasteiger partial charge in [0.25, 0.3) is 11.5 Å². The van der Waals surface area contributed by atoms with Crippen molar-refractivity contribution in [1.82, 2.24) is 19.0 Å². The highest BCUT2D eigenvalue weighted by molar-refractivity contribution is 5.94. The van der Waals surface area contributed by atoms with Crippen LogP contribution in [0.5, 0.6) is 0 Å². The van der Waals surface area contributed by atoms with Gasteiger partial charge in [0.1, 0.15) is 11.4 Å². The van der Waals surface area contributed by atoms with Crippen molar-refractivity contribution < 1.29 is 4.79 Å². The molecule has 140 valence electrons. The Labute approximate surface area is 158 Å². The van der Waals surface area contributed by atoms with Crippen LogP contribution in [0.1, 0.15) is 43.0 Å². The zero-order valence-electron chi connectivity index (χ0n) is 16.1. The summed E-state index contributed by atoms with van der Waals surface area (Å²) in [6, 6.07) is 11.6. The molecule has 0 spiro atoms. The molecule has 1 fully saturated rings. The molecule has 0 unspecified atom stereocenters. The van der Waals surface area contributed by atoms with Gasteiger partial charge in [0.05, 0.1) is 17.1 Å². The first-order chi connectivity index (χ1) is 12.8. The minimum Gasteiger partial charge on any atom is -0.334 e. The third-order valence-electron chi connectivity index (χ3n) is 5.13. The summed E-state index contributed by atoms with van der Waals surface area (Å²) in [4.78, 5) is 31.6. The van der Waals surface area contributed by atoms with Gasteiger partial charge in [0.15, 0.2) is 0 Å².